The summed E-state index contributed by atoms with van der Waals surface area (Å²) in [6, 6.07) is 6.96. The van der Waals surface area contributed by atoms with Crippen molar-refractivity contribution in [2.45, 2.75) is 44.2 Å². The lowest BCUT2D eigenvalue weighted by Crippen LogP contribution is -2.50. The highest BCUT2D eigenvalue weighted by Gasteiger charge is 2.40. The highest BCUT2D eigenvalue weighted by Crippen LogP contribution is 2.41. The Balaban J connectivity index is 1.41. The van der Waals surface area contributed by atoms with Crippen LogP contribution in [0, 0.1) is 23.6 Å². The number of amides is 1. The maximum Gasteiger partial charge on any atom is 0.223 e. The Kier molecular flexibility index (Phi) is 6.28. The molecule has 3 aliphatic rings. The Hall–Kier alpha value is -1.50. The van der Waals surface area contributed by atoms with Gasteiger partial charge >= 0.3 is 0 Å². The molecule has 28 heavy (non-hydrogen) atoms. The van der Waals surface area contributed by atoms with Crippen LogP contribution in [0.2, 0.25) is 0 Å². The number of morpholine rings is 1. The summed E-state index contributed by atoms with van der Waals surface area (Å²) in [4.78, 5) is 15.2. The Morgan fingerprint density at radius 2 is 1.96 bits per heavy atom. The molecule has 154 valence electrons. The minimum absolute atomic E-state index is 0.0334. The second-order valence-electron chi connectivity index (χ2n) is 8.66. The third-order valence-electron chi connectivity index (χ3n) is 6.97. The van der Waals surface area contributed by atoms with Crippen LogP contribution < -0.4 is 11.1 Å². The van der Waals surface area contributed by atoms with Crippen LogP contribution in [-0.4, -0.2) is 49.7 Å². The molecule has 0 radical (unpaired) electrons. The molecule has 6 heteroatoms. The van der Waals surface area contributed by atoms with Crippen molar-refractivity contribution in [3.05, 3.63) is 35.6 Å². The van der Waals surface area contributed by atoms with E-state index in [1.165, 1.54) is 12.5 Å². The molecular formula is C22H32FN3O2. The number of hydrogen-bond donors (Lipinski definition) is 2. The predicted octanol–water partition coefficient (Wildman–Crippen LogP) is 2.47. The normalized spacial score (nSPS) is 31.9. The summed E-state index contributed by atoms with van der Waals surface area (Å²) in [5, 5.41) is 3.19. The quantitative estimate of drug-likeness (QED) is 0.812. The van der Waals surface area contributed by atoms with Crippen molar-refractivity contribution < 1.29 is 13.9 Å². The number of rotatable bonds is 5. The summed E-state index contributed by atoms with van der Waals surface area (Å²) < 4.78 is 19.3. The van der Waals surface area contributed by atoms with E-state index in [-0.39, 0.29) is 29.7 Å². The fraction of sp³-hybridized carbons (Fsp3) is 0.682. The van der Waals surface area contributed by atoms with Crippen LogP contribution in [0.5, 0.6) is 0 Å². The first-order valence-electron chi connectivity index (χ1n) is 10.7. The van der Waals surface area contributed by atoms with E-state index >= 15 is 0 Å². The summed E-state index contributed by atoms with van der Waals surface area (Å²) in [7, 11) is 0. The van der Waals surface area contributed by atoms with Crippen molar-refractivity contribution in [3.8, 4) is 0 Å². The first kappa shape index (κ1) is 19.8. The molecule has 1 aliphatic heterocycles. The smallest absolute Gasteiger partial charge is 0.223 e. The lowest BCUT2D eigenvalue weighted by Gasteiger charge is -2.43. The molecule has 1 heterocycles. The SMILES string of the molecule is NC1C2CCCC1CC(C(=O)NCC(c1cccc(F)c1)N1CCOCC1)C2. The topological polar surface area (TPSA) is 67.6 Å². The number of nitrogens with two attached hydrogens (primary N) is 1. The molecule has 3 atom stereocenters. The second-order valence-corrected chi connectivity index (χ2v) is 8.66. The van der Waals surface area contributed by atoms with Crippen LogP contribution in [0.25, 0.3) is 0 Å². The molecule has 1 saturated heterocycles. The number of carbonyl (C=O) groups is 1. The van der Waals surface area contributed by atoms with Gasteiger partial charge in [-0.3, -0.25) is 9.69 Å². The van der Waals surface area contributed by atoms with Crippen LogP contribution in [0.15, 0.2) is 24.3 Å². The van der Waals surface area contributed by atoms with Gasteiger partial charge < -0.3 is 15.8 Å². The number of fused-ring (bicyclic) bond motifs is 2. The molecule has 2 saturated carbocycles. The van der Waals surface area contributed by atoms with E-state index in [0.29, 0.717) is 31.6 Å². The third-order valence-corrected chi connectivity index (χ3v) is 6.97. The molecule has 1 aromatic rings. The number of ether oxygens (including phenoxy) is 1. The van der Waals surface area contributed by atoms with Crippen molar-refractivity contribution in [2.24, 2.45) is 23.5 Å². The zero-order chi connectivity index (χ0) is 19.5. The summed E-state index contributed by atoms with van der Waals surface area (Å²) in [6.45, 7) is 3.42. The van der Waals surface area contributed by atoms with E-state index in [1.54, 1.807) is 12.1 Å². The lowest BCUT2D eigenvalue weighted by molar-refractivity contribution is -0.128. The standard InChI is InChI=1S/C22H32FN3O2/c23-19-6-2-3-15(13-19)20(26-7-9-28-10-8-26)14-25-22(27)18-11-16-4-1-5-17(12-18)21(16)24/h2-3,6,13,16-18,20-21H,1,4-5,7-12,14,24H2,(H,25,27). The van der Waals surface area contributed by atoms with E-state index in [1.807, 2.05) is 6.07 Å². The summed E-state index contributed by atoms with van der Waals surface area (Å²) in [5.74, 6) is 0.936. The zero-order valence-electron chi connectivity index (χ0n) is 16.5. The highest BCUT2D eigenvalue weighted by atomic mass is 19.1. The van der Waals surface area contributed by atoms with Gasteiger partial charge in [-0.1, -0.05) is 18.6 Å². The zero-order valence-corrected chi connectivity index (χ0v) is 16.5. The number of nitrogens with one attached hydrogen (secondary N) is 1. The predicted molar refractivity (Wildman–Crippen MR) is 106 cm³/mol. The number of halogens is 1. The monoisotopic (exact) mass is 389 g/mol. The molecule has 1 aromatic carbocycles. The molecule has 3 fully saturated rings. The maximum absolute atomic E-state index is 13.8. The van der Waals surface area contributed by atoms with Gasteiger partial charge in [0.1, 0.15) is 5.82 Å². The molecule has 0 aromatic heterocycles. The Morgan fingerprint density at radius 3 is 2.64 bits per heavy atom. The van der Waals surface area contributed by atoms with Gasteiger partial charge in [0.2, 0.25) is 5.91 Å². The van der Waals surface area contributed by atoms with E-state index in [9.17, 15) is 9.18 Å². The Bertz CT molecular complexity index is 666. The molecule has 4 rings (SSSR count). The molecule has 3 unspecified atom stereocenters. The molecule has 5 nitrogen and oxygen atoms in total. The van der Waals surface area contributed by atoms with Gasteiger partial charge in [0, 0.05) is 31.6 Å². The Labute approximate surface area is 166 Å². The van der Waals surface area contributed by atoms with Crippen molar-refractivity contribution in [2.75, 3.05) is 32.8 Å². The van der Waals surface area contributed by atoms with Crippen molar-refractivity contribution >= 4 is 5.91 Å². The number of benzene rings is 1. The summed E-state index contributed by atoms with van der Waals surface area (Å²) >= 11 is 0. The highest BCUT2D eigenvalue weighted by molar-refractivity contribution is 5.78. The van der Waals surface area contributed by atoms with Crippen molar-refractivity contribution in [1.82, 2.24) is 10.2 Å². The minimum Gasteiger partial charge on any atom is -0.379 e. The lowest BCUT2D eigenvalue weighted by atomic mass is 9.65. The van der Waals surface area contributed by atoms with Crippen LogP contribution in [0.1, 0.15) is 43.7 Å². The van der Waals surface area contributed by atoms with Crippen LogP contribution in [0.3, 0.4) is 0 Å². The van der Waals surface area contributed by atoms with E-state index in [4.69, 9.17) is 10.5 Å². The number of nitrogens with zero attached hydrogens (tertiary/aromatic N) is 1. The van der Waals surface area contributed by atoms with Crippen LogP contribution in [-0.2, 0) is 9.53 Å². The van der Waals surface area contributed by atoms with Crippen molar-refractivity contribution in [3.63, 3.8) is 0 Å². The van der Waals surface area contributed by atoms with Crippen LogP contribution in [0.4, 0.5) is 4.39 Å². The van der Waals surface area contributed by atoms with E-state index < -0.39 is 0 Å². The fourth-order valence-electron chi connectivity index (χ4n) is 5.41. The van der Waals surface area contributed by atoms with Gasteiger partial charge in [0.05, 0.1) is 19.3 Å². The molecule has 0 spiro atoms. The first-order valence-corrected chi connectivity index (χ1v) is 10.7. The maximum atomic E-state index is 13.8. The Morgan fingerprint density at radius 1 is 1.25 bits per heavy atom. The minimum atomic E-state index is -0.240. The average molecular weight is 390 g/mol. The fourth-order valence-corrected chi connectivity index (χ4v) is 5.41. The number of hydrogen-bond acceptors (Lipinski definition) is 4. The van der Waals surface area contributed by atoms with Gasteiger partial charge in [0.25, 0.3) is 0 Å². The third kappa shape index (κ3) is 4.39. The molecule has 2 bridgehead atoms. The molecular weight excluding hydrogens is 357 g/mol. The van der Waals surface area contributed by atoms with Gasteiger partial charge in [-0.2, -0.15) is 0 Å². The molecule has 2 aliphatic carbocycles. The summed E-state index contributed by atoms with van der Waals surface area (Å²) in [5.41, 5.74) is 7.28. The van der Waals surface area contributed by atoms with Crippen molar-refractivity contribution in [1.29, 1.82) is 0 Å². The first-order chi connectivity index (χ1) is 13.6. The van der Waals surface area contributed by atoms with Gasteiger partial charge in [0.15, 0.2) is 0 Å². The van der Waals surface area contributed by atoms with E-state index in [0.717, 1.165) is 44.3 Å². The van der Waals surface area contributed by atoms with E-state index in [2.05, 4.69) is 10.2 Å². The molecule has 3 N–H and O–H groups in total. The largest absolute Gasteiger partial charge is 0.379 e. The average Bonchev–Trinajstić information content (AvgIpc) is 2.69. The number of carbonyl (C=O) groups excluding carboxylic acids is 1. The molecule has 1 amide bonds. The second kappa shape index (κ2) is 8.89. The van der Waals surface area contributed by atoms with Gasteiger partial charge in [-0.05, 0) is 55.2 Å². The van der Waals surface area contributed by atoms with Gasteiger partial charge in [-0.25, -0.2) is 4.39 Å². The summed E-state index contributed by atoms with van der Waals surface area (Å²) in [6.07, 6.45) is 5.37. The van der Waals surface area contributed by atoms with Crippen LogP contribution >= 0.6 is 0 Å². The van der Waals surface area contributed by atoms with Gasteiger partial charge in [-0.15, -0.1) is 0 Å².